The Labute approximate surface area is 227 Å². The fourth-order valence-corrected chi connectivity index (χ4v) is 8.92. The first-order valence-electron chi connectivity index (χ1n) is 13.2. The maximum Gasteiger partial charge on any atom is 0.248 e. The molecule has 0 aromatic heterocycles. The molecule has 2 unspecified atom stereocenters. The van der Waals surface area contributed by atoms with Crippen molar-refractivity contribution in [1.29, 1.82) is 0 Å². The van der Waals surface area contributed by atoms with Crippen LogP contribution >= 0.6 is 11.8 Å². The molecule has 5 rings (SSSR count). The third-order valence-electron chi connectivity index (χ3n) is 8.23. The Balaban J connectivity index is 1.45. The van der Waals surface area contributed by atoms with E-state index in [0.717, 1.165) is 23.3 Å². The first kappa shape index (κ1) is 26.6. The normalized spacial score (nSPS) is 29.3. The van der Waals surface area contributed by atoms with Crippen molar-refractivity contribution in [2.24, 2.45) is 11.8 Å². The summed E-state index contributed by atoms with van der Waals surface area (Å²) in [5, 5.41) is 15.9. The van der Waals surface area contributed by atoms with E-state index in [0.29, 0.717) is 24.4 Å². The number of anilines is 2. The molecule has 8 nitrogen and oxygen atoms in total. The lowest BCUT2D eigenvalue weighted by Crippen LogP contribution is -2.52. The van der Waals surface area contributed by atoms with Crippen LogP contribution in [0.4, 0.5) is 11.4 Å². The summed E-state index contributed by atoms with van der Waals surface area (Å²) in [5.41, 5.74) is 3.29. The number of ether oxygens (including phenoxy) is 1. The SMILES string of the molecule is CCOc1ccc(NC(=O)[C@H]2[C@H]3C(=O)N(CCO)C(C(=O)Nc4cc(C)ccc4C)C34CC[C@]2(C)S4)cc1. The molecule has 3 saturated heterocycles. The van der Waals surface area contributed by atoms with Gasteiger partial charge in [0.05, 0.1) is 29.8 Å². The van der Waals surface area contributed by atoms with Crippen molar-refractivity contribution in [3.63, 3.8) is 0 Å². The van der Waals surface area contributed by atoms with Crippen molar-refractivity contribution < 1.29 is 24.2 Å². The zero-order valence-corrected chi connectivity index (χ0v) is 23.1. The van der Waals surface area contributed by atoms with E-state index in [2.05, 4.69) is 10.6 Å². The molecular formula is C29H35N3O5S. The van der Waals surface area contributed by atoms with Gasteiger partial charge in [-0.15, -0.1) is 11.8 Å². The van der Waals surface area contributed by atoms with E-state index in [-0.39, 0.29) is 30.9 Å². The molecule has 2 bridgehead atoms. The maximum atomic E-state index is 13.9. The molecule has 3 fully saturated rings. The minimum absolute atomic E-state index is 0.0481. The second kappa shape index (κ2) is 9.93. The summed E-state index contributed by atoms with van der Waals surface area (Å²) in [6.45, 7) is 8.18. The number of aliphatic hydroxyl groups is 1. The van der Waals surface area contributed by atoms with Gasteiger partial charge in [-0.25, -0.2) is 0 Å². The van der Waals surface area contributed by atoms with Crippen molar-refractivity contribution in [3.8, 4) is 5.75 Å². The monoisotopic (exact) mass is 537 g/mol. The molecule has 0 saturated carbocycles. The average Bonchev–Trinajstić information content (AvgIpc) is 3.44. The summed E-state index contributed by atoms with van der Waals surface area (Å²) < 4.78 is 4.29. The van der Waals surface area contributed by atoms with Gasteiger partial charge in [-0.05, 0) is 82.0 Å². The van der Waals surface area contributed by atoms with Crippen molar-refractivity contribution in [2.45, 2.75) is 56.1 Å². The Morgan fingerprint density at radius 1 is 1.11 bits per heavy atom. The van der Waals surface area contributed by atoms with Crippen LogP contribution in [0.3, 0.4) is 0 Å². The van der Waals surface area contributed by atoms with Crippen LogP contribution in [-0.2, 0) is 14.4 Å². The second-order valence-corrected chi connectivity index (χ2v) is 12.6. The molecule has 3 amide bonds. The van der Waals surface area contributed by atoms with Gasteiger partial charge in [0.15, 0.2) is 0 Å². The zero-order chi connectivity index (χ0) is 27.2. The number of carbonyl (C=O) groups excluding carboxylic acids is 3. The van der Waals surface area contributed by atoms with Crippen LogP contribution in [0.1, 0.15) is 37.8 Å². The van der Waals surface area contributed by atoms with Gasteiger partial charge < -0.3 is 25.4 Å². The molecule has 0 aliphatic carbocycles. The number of carbonyl (C=O) groups is 3. The van der Waals surface area contributed by atoms with Crippen molar-refractivity contribution in [1.82, 2.24) is 4.90 Å². The number of benzene rings is 2. The third-order valence-corrected chi connectivity index (χ3v) is 10.2. The van der Waals surface area contributed by atoms with Gasteiger partial charge in [0.2, 0.25) is 17.7 Å². The summed E-state index contributed by atoms with van der Waals surface area (Å²) in [4.78, 5) is 43.0. The number of aryl methyl sites for hydroxylation is 2. The molecule has 3 aliphatic rings. The third kappa shape index (κ3) is 4.25. The van der Waals surface area contributed by atoms with Crippen molar-refractivity contribution in [3.05, 3.63) is 53.6 Å². The van der Waals surface area contributed by atoms with Gasteiger partial charge in [0, 0.05) is 22.7 Å². The van der Waals surface area contributed by atoms with E-state index in [1.165, 1.54) is 4.90 Å². The smallest absolute Gasteiger partial charge is 0.248 e. The largest absolute Gasteiger partial charge is 0.494 e. The molecular weight excluding hydrogens is 502 g/mol. The fourth-order valence-electron chi connectivity index (χ4n) is 6.57. The number of nitrogens with zero attached hydrogens (tertiary/aromatic N) is 1. The minimum atomic E-state index is -0.776. The van der Waals surface area contributed by atoms with Crippen molar-refractivity contribution >= 4 is 40.9 Å². The first-order valence-corrected chi connectivity index (χ1v) is 14.0. The standard InChI is InChI=1S/C29H35N3O5S/c1-5-37-20-10-8-19(9-11-20)30-25(34)22-23-27(36)32(14-15-33)24(29(23)13-12-28(22,4)38-29)26(35)31-21-16-17(2)6-7-18(21)3/h6-11,16,22-24,33H,5,12-15H2,1-4H3,(H,30,34)(H,31,35)/t22-,23+,24?,28+,29?/m1/s1. The number of amides is 3. The Morgan fingerprint density at radius 3 is 2.53 bits per heavy atom. The maximum absolute atomic E-state index is 13.9. The lowest BCUT2D eigenvalue weighted by atomic mass is 9.66. The van der Waals surface area contributed by atoms with Crippen LogP contribution in [0.2, 0.25) is 0 Å². The molecule has 3 N–H and O–H groups in total. The summed E-state index contributed by atoms with van der Waals surface area (Å²) >= 11 is 1.61. The van der Waals surface area contributed by atoms with Crippen LogP contribution in [-0.4, -0.2) is 63.0 Å². The van der Waals surface area contributed by atoms with Gasteiger partial charge in [0.1, 0.15) is 11.8 Å². The van der Waals surface area contributed by atoms with E-state index in [9.17, 15) is 19.5 Å². The molecule has 2 aromatic carbocycles. The lowest BCUT2D eigenvalue weighted by molar-refractivity contribution is -0.139. The van der Waals surface area contributed by atoms with E-state index in [1.807, 2.05) is 45.9 Å². The van der Waals surface area contributed by atoms with E-state index >= 15 is 0 Å². The molecule has 3 heterocycles. The van der Waals surface area contributed by atoms with Gasteiger partial charge in [0.25, 0.3) is 0 Å². The zero-order valence-electron chi connectivity index (χ0n) is 22.2. The van der Waals surface area contributed by atoms with Crippen LogP contribution < -0.4 is 15.4 Å². The van der Waals surface area contributed by atoms with Crippen LogP contribution in [0.25, 0.3) is 0 Å². The molecule has 2 aromatic rings. The summed E-state index contributed by atoms with van der Waals surface area (Å²) in [6.07, 6.45) is 1.38. The number of hydrogen-bond donors (Lipinski definition) is 3. The molecule has 3 aliphatic heterocycles. The Hall–Kier alpha value is -3.04. The quantitative estimate of drug-likeness (QED) is 0.473. The van der Waals surface area contributed by atoms with E-state index in [4.69, 9.17) is 4.74 Å². The Morgan fingerprint density at radius 2 is 1.84 bits per heavy atom. The first-order chi connectivity index (χ1) is 18.1. The van der Waals surface area contributed by atoms with Crippen LogP contribution in [0.5, 0.6) is 5.75 Å². The highest BCUT2D eigenvalue weighted by atomic mass is 32.2. The second-order valence-electron chi connectivity index (χ2n) is 10.7. The minimum Gasteiger partial charge on any atom is -0.494 e. The number of fused-ring (bicyclic) bond motifs is 1. The van der Waals surface area contributed by atoms with Crippen LogP contribution in [0, 0.1) is 25.7 Å². The molecule has 9 heteroatoms. The predicted octanol–water partition coefficient (Wildman–Crippen LogP) is 3.75. The van der Waals surface area contributed by atoms with Crippen LogP contribution in [0.15, 0.2) is 42.5 Å². The summed E-state index contributed by atoms with van der Waals surface area (Å²) in [6, 6.07) is 12.3. The van der Waals surface area contributed by atoms with Gasteiger partial charge >= 0.3 is 0 Å². The molecule has 202 valence electrons. The number of aliphatic hydroxyl groups excluding tert-OH is 1. The number of hydrogen-bond acceptors (Lipinski definition) is 6. The topological polar surface area (TPSA) is 108 Å². The Bertz CT molecular complexity index is 1270. The molecule has 5 atom stereocenters. The summed E-state index contributed by atoms with van der Waals surface area (Å²) in [7, 11) is 0. The number of rotatable bonds is 8. The number of thioether (sulfide) groups is 1. The van der Waals surface area contributed by atoms with Gasteiger partial charge in [-0.3, -0.25) is 14.4 Å². The van der Waals surface area contributed by atoms with E-state index in [1.54, 1.807) is 36.0 Å². The van der Waals surface area contributed by atoms with Gasteiger partial charge in [-0.1, -0.05) is 12.1 Å². The average molecular weight is 538 g/mol. The number of likely N-dealkylation sites (tertiary alicyclic amines) is 1. The fraction of sp³-hybridized carbons (Fsp3) is 0.483. The molecule has 1 spiro atoms. The highest BCUT2D eigenvalue weighted by Crippen LogP contribution is 2.71. The highest BCUT2D eigenvalue weighted by molar-refractivity contribution is 8.02. The predicted molar refractivity (Wildman–Crippen MR) is 148 cm³/mol. The number of nitrogens with one attached hydrogen (secondary N) is 2. The molecule has 38 heavy (non-hydrogen) atoms. The van der Waals surface area contributed by atoms with Gasteiger partial charge in [-0.2, -0.15) is 0 Å². The highest BCUT2D eigenvalue weighted by Gasteiger charge is 2.77. The number of β-amino-alcohol motifs (C(OH)–C–C–N with tert-alkyl or cyclic N) is 1. The molecule has 0 radical (unpaired) electrons. The van der Waals surface area contributed by atoms with Crippen molar-refractivity contribution in [2.75, 3.05) is 30.4 Å². The lowest BCUT2D eigenvalue weighted by Gasteiger charge is -2.35. The Kier molecular flexibility index (Phi) is 6.94. The summed E-state index contributed by atoms with van der Waals surface area (Å²) in [5.74, 6) is -1.25. The van der Waals surface area contributed by atoms with E-state index < -0.39 is 27.4 Å².